The van der Waals surface area contributed by atoms with Gasteiger partial charge in [0.1, 0.15) is 5.82 Å². The van der Waals surface area contributed by atoms with Gasteiger partial charge in [0.05, 0.1) is 0 Å². The number of aromatic nitrogens is 2. The summed E-state index contributed by atoms with van der Waals surface area (Å²) in [7, 11) is 0. The molecule has 0 aromatic carbocycles. The predicted octanol–water partition coefficient (Wildman–Crippen LogP) is 1.36. The number of nitrogens with one attached hydrogen (secondary N) is 2. The van der Waals surface area contributed by atoms with Gasteiger partial charge in [-0.2, -0.15) is 0 Å². The standard InChI is InChI=1S/C14H14N4O2/c1-10(19)18-13-8-12(4-7-16-13)14(20)17-9-11-2-5-15-6-3-11/h2-8H,9H2,1H3,(H,17,20)(H,16,18,19). The molecule has 2 N–H and O–H groups in total. The van der Waals surface area contributed by atoms with E-state index in [1.807, 2.05) is 12.1 Å². The summed E-state index contributed by atoms with van der Waals surface area (Å²) in [4.78, 5) is 30.8. The Hall–Kier alpha value is -2.76. The van der Waals surface area contributed by atoms with Crippen LogP contribution in [0, 0.1) is 0 Å². The molecular formula is C14H14N4O2. The van der Waals surface area contributed by atoms with Crippen LogP contribution in [0.2, 0.25) is 0 Å². The lowest BCUT2D eigenvalue weighted by atomic mass is 10.2. The molecule has 0 aliphatic carbocycles. The first-order valence-corrected chi connectivity index (χ1v) is 6.06. The van der Waals surface area contributed by atoms with Crippen molar-refractivity contribution < 1.29 is 9.59 Å². The van der Waals surface area contributed by atoms with E-state index in [1.54, 1.807) is 18.5 Å². The molecule has 6 nitrogen and oxygen atoms in total. The molecule has 2 aromatic rings. The van der Waals surface area contributed by atoms with Crippen LogP contribution in [0.25, 0.3) is 0 Å². The Bertz CT molecular complexity index is 614. The third-order valence-electron chi connectivity index (χ3n) is 2.53. The van der Waals surface area contributed by atoms with Gasteiger partial charge in [-0.3, -0.25) is 14.6 Å². The fourth-order valence-electron chi connectivity index (χ4n) is 1.61. The molecule has 2 rings (SSSR count). The molecule has 2 amide bonds. The molecule has 6 heteroatoms. The fraction of sp³-hybridized carbons (Fsp3) is 0.143. The third-order valence-corrected chi connectivity index (χ3v) is 2.53. The van der Waals surface area contributed by atoms with Crippen LogP contribution in [-0.4, -0.2) is 21.8 Å². The molecule has 0 aliphatic rings. The Kier molecular flexibility index (Phi) is 4.39. The van der Waals surface area contributed by atoms with Crippen molar-refractivity contribution >= 4 is 17.6 Å². The molecule has 0 atom stereocenters. The normalized spacial score (nSPS) is 9.85. The molecule has 2 heterocycles. The minimum absolute atomic E-state index is 0.226. The highest BCUT2D eigenvalue weighted by Gasteiger charge is 2.07. The number of amides is 2. The zero-order valence-corrected chi connectivity index (χ0v) is 11.0. The van der Waals surface area contributed by atoms with Gasteiger partial charge in [0, 0.05) is 37.6 Å². The predicted molar refractivity (Wildman–Crippen MR) is 73.9 cm³/mol. The Labute approximate surface area is 116 Å². The molecule has 0 saturated heterocycles. The molecule has 0 aliphatic heterocycles. The molecule has 0 fully saturated rings. The summed E-state index contributed by atoms with van der Waals surface area (Å²) in [5.41, 5.74) is 1.40. The maximum absolute atomic E-state index is 12.0. The zero-order valence-electron chi connectivity index (χ0n) is 11.0. The van der Waals surface area contributed by atoms with Crippen molar-refractivity contribution in [1.29, 1.82) is 0 Å². The summed E-state index contributed by atoms with van der Waals surface area (Å²) in [5, 5.41) is 5.32. The number of pyridine rings is 2. The van der Waals surface area contributed by atoms with E-state index in [0.717, 1.165) is 5.56 Å². The Morgan fingerprint density at radius 1 is 1.15 bits per heavy atom. The van der Waals surface area contributed by atoms with Crippen molar-refractivity contribution in [3.05, 3.63) is 54.0 Å². The molecule has 0 unspecified atom stereocenters. The maximum atomic E-state index is 12.0. The van der Waals surface area contributed by atoms with E-state index in [4.69, 9.17) is 0 Å². The van der Waals surface area contributed by atoms with Crippen molar-refractivity contribution in [1.82, 2.24) is 15.3 Å². The minimum atomic E-state index is -0.230. The third kappa shape index (κ3) is 3.88. The minimum Gasteiger partial charge on any atom is -0.348 e. The molecule has 20 heavy (non-hydrogen) atoms. The molecule has 0 bridgehead atoms. The van der Waals surface area contributed by atoms with Gasteiger partial charge in [0.2, 0.25) is 5.91 Å². The zero-order chi connectivity index (χ0) is 14.4. The second-order valence-corrected chi connectivity index (χ2v) is 4.15. The van der Waals surface area contributed by atoms with E-state index in [9.17, 15) is 9.59 Å². The summed E-state index contributed by atoms with van der Waals surface area (Å²) >= 11 is 0. The van der Waals surface area contributed by atoms with Gasteiger partial charge < -0.3 is 10.6 Å². The van der Waals surface area contributed by atoms with Crippen molar-refractivity contribution in [3.63, 3.8) is 0 Å². The quantitative estimate of drug-likeness (QED) is 0.878. The summed E-state index contributed by atoms with van der Waals surface area (Å²) in [5.74, 6) is -0.100. The first-order chi connectivity index (χ1) is 9.65. The van der Waals surface area contributed by atoms with E-state index in [0.29, 0.717) is 17.9 Å². The van der Waals surface area contributed by atoms with Crippen molar-refractivity contribution in [2.24, 2.45) is 0 Å². The van der Waals surface area contributed by atoms with Crippen LogP contribution >= 0.6 is 0 Å². The largest absolute Gasteiger partial charge is 0.348 e. The SMILES string of the molecule is CC(=O)Nc1cc(C(=O)NCc2ccncc2)ccn1. The first-order valence-electron chi connectivity index (χ1n) is 6.06. The van der Waals surface area contributed by atoms with E-state index in [2.05, 4.69) is 20.6 Å². The van der Waals surface area contributed by atoms with Crippen molar-refractivity contribution in [2.75, 3.05) is 5.32 Å². The van der Waals surface area contributed by atoms with Crippen LogP contribution in [0.5, 0.6) is 0 Å². The fourth-order valence-corrected chi connectivity index (χ4v) is 1.61. The van der Waals surface area contributed by atoms with Crippen LogP contribution in [0.15, 0.2) is 42.9 Å². The smallest absolute Gasteiger partial charge is 0.251 e. The summed E-state index contributed by atoms with van der Waals surface area (Å²) in [6.07, 6.45) is 4.82. The number of hydrogen-bond acceptors (Lipinski definition) is 4. The number of anilines is 1. The highest BCUT2D eigenvalue weighted by molar-refractivity contribution is 5.96. The summed E-state index contributed by atoms with van der Waals surface area (Å²) in [6.45, 7) is 1.80. The first kappa shape index (κ1) is 13.7. The van der Waals surface area contributed by atoms with Crippen LogP contribution in [0.3, 0.4) is 0 Å². The number of hydrogen-bond donors (Lipinski definition) is 2. The molecule has 2 aromatic heterocycles. The van der Waals surface area contributed by atoms with Gasteiger partial charge in [-0.15, -0.1) is 0 Å². The number of carbonyl (C=O) groups excluding carboxylic acids is 2. The summed E-state index contributed by atoms with van der Waals surface area (Å²) < 4.78 is 0. The van der Waals surface area contributed by atoms with E-state index < -0.39 is 0 Å². The van der Waals surface area contributed by atoms with Crippen LogP contribution in [0.1, 0.15) is 22.8 Å². The van der Waals surface area contributed by atoms with Crippen molar-refractivity contribution in [2.45, 2.75) is 13.5 Å². The van der Waals surface area contributed by atoms with Crippen LogP contribution in [-0.2, 0) is 11.3 Å². The molecule has 0 radical (unpaired) electrons. The molecular weight excluding hydrogens is 256 g/mol. The molecule has 102 valence electrons. The van der Waals surface area contributed by atoms with Crippen LogP contribution in [0.4, 0.5) is 5.82 Å². The van der Waals surface area contributed by atoms with Gasteiger partial charge in [0.25, 0.3) is 5.91 Å². The number of rotatable bonds is 4. The summed E-state index contributed by atoms with van der Waals surface area (Å²) in [6, 6.07) is 6.78. The maximum Gasteiger partial charge on any atom is 0.251 e. The highest BCUT2D eigenvalue weighted by atomic mass is 16.2. The second-order valence-electron chi connectivity index (χ2n) is 4.15. The van der Waals surface area contributed by atoms with E-state index in [-0.39, 0.29) is 11.8 Å². The second kappa shape index (κ2) is 6.42. The van der Waals surface area contributed by atoms with Gasteiger partial charge >= 0.3 is 0 Å². The Balaban J connectivity index is 2.00. The van der Waals surface area contributed by atoms with Gasteiger partial charge in [-0.05, 0) is 29.8 Å². The van der Waals surface area contributed by atoms with E-state index in [1.165, 1.54) is 19.2 Å². The van der Waals surface area contributed by atoms with Gasteiger partial charge in [0.15, 0.2) is 0 Å². The number of nitrogens with zero attached hydrogens (tertiary/aromatic N) is 2. The topological polar surface area (TPSA) is 84.0 Å². The van der Waals surface area contributed by atoms with Gasteiger partial charge in [-0.25, -0.2) is 4.98 Å². The average Bonchev–Trinajstić information content (AvgIpc) is 2.45. The van der Waals surface area contributed by atoms with E-state index >= 15 is 0 Å². The highest BCUT2D eigenvalue weighted by Crippen LogP contribution is 2.07. The van der Waals surface area contributed by atoms with Crippen LogP contribution < -0.4 is 10.6 Å². The monoisotopic (exact) mass is 270 g/mol. The Morgan fingerprint density at radius 3 is 2.60 bits per heavy atom. The van der Waals surface area contributed by atoms with Crippen molar-refractivity contribution in [3.8, 4) is 0 Å². The lowest BCUT2D eigenvalue weighted by molar-refractivity contribution is -0.114. The Morgan fingerprint density at radius 2 is 1.90 bits per heavy atom. The van der Waals surface area contributed by atoms with Gasteiger partial charge in [-0.1, -0.05) is 0 Å². The lowest BCUT2D eigenvalue weighted by Gasteiger charge is -2.06. The molecule has 0 spiro atoms. The number of carbonyl (C=O) groups is 2. The molecule has 0 saturated carbocycles. The lowest BCUT2D eigenvalue weighted by Crippen LogP contribution is -2.23. The average molecular weight is 270 g/mol.